The Morgan fingerprint density at radius 3 is 2.35 bits per heavy atom. The van der Waals surface area contributed by atoms with Crippen molar-refractivity contribution >= 4 is 6.16 Å². The van der Waals surface area contributed by atoms with Crippen molar-refractivity contribution in [2.75, 3.05) is 0 Å². The Kier molecular flexibility index (Phi) is 4.94. The minimum atomic E-state index is -0.798. The first-order valence-corrected chi connectivity index (χ1v) is 7.59. The van der Waals surface area contributed by atoms with E-state index in [1.54, 1.807) is 12.1 Å². The number of phenolic OH excluding ortho intramolecular Hbond substituents is 1. The highest BCUT2D eigenvalue weighted by atomic mass is 16.7. The van der Waals surface area contributed by atoms with Gasteiger partial charge < -0.3 is 14.6 Å². The fraction of sp³-hybridized carbons (Fsp3) is 0.316. The van der Waals surface area contributed by atoms with E-state index in [4.69, 9.17) is 9.47 Å². The van der Waals surface area contributed by atoms with E-state index in [1.165, 1.54) is 6.07 Å². The Hall–Kier alpha value is -2.49. The van der Waals surface area contributed by atoms with Crippen LogP contribution in [0.4, 0.5) is 4.79 Å². The lowest BCUT2D eigenvalue weighted by molar-refractivity contribution is 0.00614. The van der Waals surface area contributed by atoms with Crippen LogP contribution in [-0.4, -0.2) is 11.3 Å². The highest BCUT2D eigenvalue weighted by molar-refractivity contribution is 5.65. The Morgan fingerprint density at radius 1 is 1.09 bits per heavy atom. The summed E-state index contributed by atoms with van der Waals surface area (Å²) in [7, 11) is 0. The summed E-state index contributed by atoms with van der Waals surface area (Å²) in [6.45, 7) is 7.54. The first-order chi connectivity index (χ1) is 10.8. The van der Waals surface area contributed by atoms with E-state index in [1.807, 2.05) is 58.0 Å². The van der Waals surface area contributed by atoms with Crippen LogP contribution < -0.4 is 4.74 Å². The lowest BCUT2D eigenvalue weighted by Crippen LogP contribution is -2.27. The molecule has 0 bridgehead atoms. The van der Waals surface area contributed by atoms with Gasteiger partial charge in [0, 0.05) is 5.56 Å². The Morgan fingerprint density at radius 2 is 1.74 bits per heavy atom. The van der Waals surface area contributed by atoms with E-state index < -0.39 is 11.8 Å². The van der Waals surface area contributed by atoms with E-state index in [-0.39, 0.29) is 11.7 Å². The summed E-state index contributed by atoms with van der Waals surface area (Å²) in [5, 5.41) is 9.58. The highest BCUT2D eigenvalue weighted by Gasteiger charge is 2.27. The molecule has 2 rings (SSSR count). The predicted molar refractivity (Wildman–Crippen MR) is 88.8 cm³/mol. The number of benzene rings is 2. The maximum atomic E-state index is 12.2. The smallest absolute Gasteiger partial charge is 0.508 e. The van der Waals surface area contributed by atoms with Crippen LogP contribution in [0.25, 0.3) is 0 Å². The molecular formula is C19H22O4. The number of carbonyl (C=O) groups excluding carboxylic acids is 1. The van der Waals surface area contributed by atoms with Gasteiger partial charge in [0.25, 0.3) is 0 Å². The van der Waals surface area contributed by atoms with Crippen LogP contribution in [-0.2, 0) is 10.3 Å². The van der Waals surface area contributed by atoms with Crippen LogP contribution >= 0.6 is 0 Å². The first kappa shape index (κ1) is 16.9. The third-order valence-electron chi connectivity index (χ3n) is 3.62. The van der Waals surface area contributed by atoms with E-state index >= 15 is 0 Å². The molecule has 0 heterocycles. The number of rotatable bonds is 4. The van der Waals surface area contributed by atoms with Gasteiger partial charge in [-0.3, -0.25) is 0 Å². The topological polar surface area (TPSA) is 55.8 Å². The maximum absolute atomic E-state index is 12.2. The van der Waals surface area contributed by atoms with Gasteiger partial charge in [0.2, 0.25) is 0 Å². The van der Waals surface area contributed by atoms with Crippen LogP contribution in [0.1, 0.15) is 44.7 Å². The van der Waals surface area contributed by atoms with Gasteiger partial charge in [0.15, 0.2) is 0 Å². The standard InChI is InChI=1S/C19H22O4/c1-13(2)16-12-15(20)10-11-17(16)22-18(21)23-19(3,4)14-8-6-5-7-9-14/h5-13,20H,1-4H3. The summed E-state index contributed by atoms with van der Waals surface area (Å²) in [6.07, 6.45) is -0.772. The molecule has 2 aromatic carbocycles. The summed E-state index contributed by atoms with van der Waals surface area (Å²) >= 11 is 0. The van der Waals surface area contributed by atoms with E-state index in [0.717, 1.165) is 11.1 Å². The second kappa shape index (κ2) is 6.73. The molecule has 1 N–H and O–H groups in total. The van der Waals surface area contributed by atoms with Crippen molar-refractivity contribution in [3.63, 3.8) is 0 Å². The lowest BCUT2D eigenvalue weighted by atomic mass is 9.98. The fourth-order valence-electron chi connectivity index (χ4n) is 2.30. The molecule has 0 fully saturated rings. The molecule has 2 aromatic rings. The first-order valence-electron chi connectivity index (χ1n) is 7.59. The SMILES string of the molecule is CC(C)c1cc(O)ccc1OC(=O)OC(C)(C)c1ccccc1. The lowest BCUT2D eigenvalue weighted by Gasteiger charge is -2.25. The van der Waals surface area contributed by atoms with Crippen LogP contribution in [0.15, 0.2) is 48.5 Å². The number of phenols is 1. The third kappa shape index (κ3) is 4.25. The molecule has 0 radical (unpaired) electrons. The number of hydrogen-bond donors (Lipinski definition) is 1. The van der Waals surface area contributed by atoms with Gasteiger partial charge >= 0.3 is 6.16 Å². The zero-order valence-electron chi connectivity index (χ0n) is 13.9. The molecule has 0 spiro atoms. The van der Waals surface area contributed by atoms with Gasteiger partial charge in [-0.1, -0.05) is 44.2 Å². The van der Waals surface area contributed by atoms with Gasteiger partial charge in [-0.25, -0.2) is 4.79 Å². The molecular weight excluding hydrogens is 292 g/mol. The number of hydrogen-bond acceptors (Lipinski definition) is 4. The molecule has 0 saturated carbocycles. The van der Waals surface area contributed by atoms with Crippen molar-refractivity contribution in [2.45, 2.75) is 39.2 Å². The minimum absolute atomic E-state index is 0.104. The summed E-state index contributed by atoms with van der Waals surface area (Å²) < 4.78 is 10.8. The van der Waals surface area contributed by atoms with Gasteiger partial charge in [0.05, 0.1) is 0 Å². The molecule has 4 heteroatoms. The zero-order chi connectivity index (χ0) is 17.0. The minimum Gasteiger partial charge on any atom is -0.508 e. The Labute approximate surface area is 136 Å². The number of ether oxygens (including phenoxy) is 2. The summed E-state index contributed by atoms with van der Waals surface area (Å²) in [6, 6.07) is 14.1. The average molecular weight is 314 g/mol. The van der Waals surface area contributed by atoms with Crippen LogP contribution in [0, 0.1) is 0 Å². The normalized spacial score (nSPS) is 11.3. The van der Waals surface area contributed by atoms with Gasteiger partial charge in [0.1, 0.15) is 17.1 Å². The van der Waals surface area contributed by atoms with E-state index in [9.17, 15) is 9.90 Å². The van der Waals surface area contributed by atoms with E-state index in [2.05, 4.69) is 0 Å². The van der Waals surface area contributed by atoms with Crippen molar-refractivity contribution in [1.82, 2.24) is 0 Å². The van der Waals surface area contributed by atoms with Crippen LogP contribution in [0.5, 0.6) is 11.5 Å². The van der Waals surface area contributed by atoms with Crippen LogP contribution in [0.3, 0.4) is 0 Å². The molecule has 23 heavy (non-hydrogen) atoms. The van der Waals surface area contributed by atoms with Gasteiger partial charge in [-0.05, 0) is 43.5 Å². The Bertz CT molecular complexity index is 675. The fourth-order valence-corrected chi connectivity index (χ4v) is 2.30. The third-order valence-corrected chi connectivity index (χ3v) is 3.62. The Balaban J connectivity index is 2.14. The van der Waals surface area contributed by atoms with Crippen molar-refractivity contribution in [1.29, 1.82) is 0 Å². The second-order valence-corrected chi connectivity index (χ2v) is 6.21. The van der Waals surface area contributed by atoms with Crippen LogP contribution in [0.2, 0.25) is 0 Å². The quantitative estimate of drug-likeness (QED) is 0.639. The molecule has 0 aliphatic carbocycles. The molecule has 0 aliphatic heterocycles. The van der Waals surface area contributed by atoms with Crippen molar-refractivity contribution in [2.24, 2.45) is 0 Å². The highest BCUT2D eigenvalue weighted by Crippen LogP contribution is 2.31. The van der Waals surface area contributed by atoms with Gasteiger partial charge in [-0.15, -0.1) is 0 Å². The maximum Gasteiger partial charge on any atom is 0.514 e. The number of carbonyl (C=O) groups is 1. The van der Waals surface area contributed by atoms with Crippen molar-refractivity contribution < 1.29 is 19.4 Å². The average Bonchev–Trinajstić information content (AvgIpc) is 2.49. The summed E-state index contributed by atoms with van der Waals surface area (Å²) in [5.74, 6) is 0.637. The molecule has 0 amide bonds. The van der Waals surface area contributed by atoms with Gasteiger partial charge in [-0.2, -0.15) is 0 Å². The zero-order valence-corrected chi connectivity index (χ0v) is 13.9. The molecule has 4 nitrogen and oxygen atoms in total. The largest absolute Gasteiger partial charge is 0.514 e. The number of aromatic hydroxyl groups is 1. The molecule has 0 unspecified atom stereocenters. The molecule has 122 valence electrons. The molecule has 0 aliphatic rings. The van der Waals surface area contributed by atoms with E-state index in [0.29, 0.717) is 5.75 Å². The monoisotopic (exact) mass is 314 g/mol. The molecule has 0 saturated heterocycles. The molecule has 0 aromatic heterocycles. The molecule has 0 atom stereocenters. The predicted octanol–water partition coefficient (Wildman–Crippen LogP) is 4.97. The summed E-state index contributed by atoms with van der Waals surface area (Å²) in [4.78, 5) is 12.2. The van der Waals surface area contributed by atoms with Crippen molar-refractivity contribution in [3.8, 4) is 11.5 Å². The summed E-state index contributed by atoms with van der Waals surface area (Å²) in [5.41, 5.74) is 0.832. The second-order valence-electron chi connectivity index (χ2n) is 6.21. The van der Waals surface area contributed by atoms with Crippen molar-refractivity contribution in [3.05, 3.63) is 59.7 Å².